The fraction of sp³-hybridized carbons (Fsp3) is 0.250. The van der Waals surface area contributed by atoms with E-state index in [2.05, 4.69) is 11.9 Å². The van der Waals surface area contributed by atoms with Crippen molar-refractivity contribution in [3.63, 3.8) is 0 Å². The number of aromatic nitrogens is 1. The highest BCUT2D eigenvalue weighted by atomic mass is 32.1. The quantitative estimate of drug-likeness (QED) is 0.0758. The van der Waals surface area contributed by atoms with E-state index in [1.54, 1.807) is 60.7 Å². The summed E-state index contributed by atoms with van der Waals surface area (Å²) in [6.07, 6.45) is 1.84. The van der Waals surface area contributed by atoms with Gasteiger partial charge in [-0.15, -0.1) is 0 Å². The Balaban J connectivity index is 1.64. The minimum Gasteiger partial charge on any atom is -0.507 e. The molecule has 1 N–H and O–H groups in total. The number of anilines is 1. The van der Waals surface area contributed by atoms with Crippen molar-refractivity contribution in [2.75, 3.05) is 25.2 Å². The third-order valence-electron chi connectivity index (χ3n) is 6.83. The second kappa shape index (κ2) is 12.4. The lowest BCUT2D eigenvalue weighted by molar-refractivity contribution is -0.132. The number of rotatable bonds is 10. The van der Waals surface area contributed by atoms with Gasteiger partial charge in [-0.2, -0.15) is 0 Å². The van der Waals surface area contributed by atoms with Crippen LogP contribution in [0.15, 0.2) is 72.3 Å². The number of aliphatic hydroxyl groups excluding tert-OH is 1. The van der Waals surface area contributed by atoms with Gasteiger partial charge in [-0.25, -0.2) is 9.78 Å². The van der Waals surface area contributed by atoms with Gasteiger partial charge in [0, 0.05) is 5.56 Å². The molecule has 0 saturated carbocycles. The van der Waals surface area contributed by atoms with Gasteiger partial charge >= 0.3 is 11.9 Å². The SMILES string of the molecule is CCCCOc1cccc(/C(O)=C2\C(=O)C(=O)N(c3nc4ccc(OCC)cc4s3)C2c2ccc(C(=O)OC)cc2)c1. The number of Topliss-reactive ketones (excluding diaryl/α,β-unsaturated/α-hetero) is 1. The number of hydrogen-bond acceptors (Lipinski definition) is 9. The van der Waals surface area contributed by atoms with Gasteiger partial charge in [0.1, 0.15) is 17.3 Å². The van der Waals surface area contributed by atoms with Gasteiger partial charge in [-0.05, 0) is 61.4 Å². The molecule has 1 amide bonds. The largest absolute Gasteiger partial charge is 0.507 e. The lowest BCUT2D eigenvalue weighted by Gasteiger charge is -2.23. The molecule has 42 heavy (non-hydrogen) atoms. The summed E-state index contributed by atoms with van der Waals surface area (Å²) in [6.45, 7) is 4.96. The minimum absolute atomic E-state index is 0.0919. The van der Waals surface area contributed by atoms with Crippen LogP contribution in [-0.4, -0.2) is 48.1 Å². The number of ether oxygens (including phenoxy) is 3. The van der Waals surface area contributed by atoms with Crippen molar-refractivity contribution in [3.05, 3.63) is 89.0 Å². The topological polar surface area (TPSA) is 115 Å². The standard InChI is InChI=1S/C32H30N2O7S/c1-4-6-16-41-22-9-7-8-21(17-22)28(35)26-27(19-10-12-20(13-11-19)31(38)39-3)34(30(37)29(26)36)32-33-24-15-14-23(40-5-2)18-25(24)42-32/h7-15,17-18,27,35H,4-6,16H2,1-3H3/b28-26+. The summed E-state index contributed by atoms with van der Waals surface area (Å²) in [4.78, 5) is 45.2. The smallest absolute Gasteiger partial charge is 0.337 e. The number of amides is 1. The second-order valence-electron chi connectivity index (χ2n) is 9.57. The molecule has 5 rings (SSSR count). The Hall–Kier alpha value is -4.70. The van der Waals surface area contributed by atoms with Gasteiger partial charge in [0.15, 0.2) is 5.13 Å². The Morgan fingerprint density at radius 2 is 1.74 bits per heavy atom. The number of methoxy groups -OCH3 is 1. The molecule has 3 aromatic carbocycles. The fourth-order valence-electron chi connectivity index (χ4n) is 4.74. The molecule has 1 aromatic heterocycles. The summed E-state index contributed by atoms with van der Waals surface area (Å²) in [6, 6.07) is 17.6. The van der Waals surface area contributed by atoms with Gasteiger partial charge in [-0.3, -0.25) is 14.5 Å². The van der Waals surface area contributed by atoms with E-state index in [1.807, 2.05) is 13.0 Å². The normalized spacial score (nSPS) is 16.2. The van der Waals surface area contributed by atoms with Crippen LogP contribution >= 0.6 is 11.3 Å². The number of thiazole rings is 1. The Kier molecular flexibility index (Phi) is 8.53. The zero-order valence-electron chi connectivity index (χ0n) is 23.5. The fourth-order valence-corrected chi connectivity index (χ4v) is 5.76. The Bertz CT molecular complexity index is 1680. The molecule has 1 aliphatic rings. The van der Waals surface area contributed by atoms with E-state index < -0.39 is 23.7 Å². The lowest BCUT2D eigenvalue weighted by atomic mass is 9.94. The van der Waals surface area contributed by atoms with E-state index >= 15 is 0 Å². The summed E-state index contributed by atoms with van der Waals surface area (Å²) >= 11 is 1.24. The first-order chi connectivity index (χ1) is 20.4. The molecule has 9 nitrogen and oxygen atoms in total. The lowest BCUT2D eigenvalue weighted by Crippen LogP contribution is -2.29. The van der Waals surface area contributed by atoms with E-state index in [-0.39, 0.29) is 11.3 Å². The summed E-state index contributed by atoms with van der Waals surface area (Å²) in [5, 5.41) is 11.8. The second-order valence-corrected chi connectivity index (χ2v) is 10.6. The van der Waals surface area contributed by atoms with Crippen molar-refractivity contribution in [3.8, 4) is 11.5 Å². The predicted molar refractivity (Wildman–Crippen MR) is 160 cm³/mol. The number of carbonyl (C=O) groups is 3. The molecule has 4 aromatic rings. The number of esters is 1. The average molecular weight is 587 g/mol. The van der Waals surface area contributed by atoms with Crippen LogP contribution in [0, 0.1) is 0 Å². The number of unbranched alkanes of at least 4 members (excludes halogenated alkanes) is 1. The maximum absolute atomic E-state index is 13.6. The molecule has 1 atom stereocenters. The minimum atomic E-state index is -1.01. The van der Waals surface area contributed by atoms with E-state index in [4.69, 9.17) is 14.2 Å². The van der Waals surface area contributed by atoms with Crippen LogP contribution in [0.1, 0.15) is 54.2 Å². The molecule has 1 fully saturated rings. The number of aliphatic hydroxyl groups is 1. The molecule has 2 heterocycles. The third kappa shape index (κ3) is 5.58. The van der Waals surface area contributed by atoms with E-state index in [0.29, 0.717) is 52.1 Å². The molecule has 0 spiro atoms. The first-order valence-corrected chi connectivity index (χ1v) is 14.4. The third-order valence-corrected chi connectivity index (χ3v) is 7.85. The van der Waals surface area contributed by atoms with Crippen LogP contribution in [0.4, 0.5) is 5.13 Å². The van der Waals surface area contributed by atoms with Crippen molar-refractivity contribution in [1.29, 1.82) is 0 Å². The first kappa shape index (κ1) is 28.8. The number of fused-ring (bicyclic) bond motifs is 1. The number of hydrogen-bond donors (Lipinski definition) is 1. The number of nitrogens with zero attached hydrogens (tertiary/aromatic N) is 2. The summed E-state index contributed by atoms with van der Waals surface area (Å²) < 4.78 is 17.0. The van der Waals surface area contributed by atoms with Crippen LogP contribution < -0.4 is 14.4 Å². The van der Waals surface area contributed by atoms with E-state index in [1.165, 1.54) is 23.3 Å². The molecule has 1 unspecified atom stereocenters. The molecule has 10 heteroatoms. The zero-order chi connectivity index (χ0) is 29.8. The van der Waals surface area contributed by atoms with Crippen molar-refractivity contribution in [2.24, 2.45) is 0 Å². The molecule has 0 radical (unpaired) electrons. The van der Waals surface area contributed by atoms with Crippen LogP contribution in [0.3, 0.4) is 0 Å². The molecule has 0 aliphatic carbocycles. The Morgan fingerprint density at radius 3 is 2.45 bits per heavy atom. The number of ketones is 1. The van der Waals surface area contributed by atoms with E-state index in [9.17, 15) is 19.5 Å². The monoisotopic (exact) mass is 586 g/mol. The van der Waals surface area contributed by atoms with E-state index in [0.717, 1.165) is 17.5 Å². The first-order valence-electron chi connectivity index (χ1n) is 13.6. The predicted octanol–water partition coefficient (Wildman–Crippen LogP) is 6.29. The Labute approximate surface area is 247 Å². The molecular formula is C32H30N2O7S. The van der Waals surface area contributed by atoms with Gasteiger partial charge in [0.05, 0.1) is 47.7 Å². The van der Waals surface area contributed by atoms with Crippen molar-refractivity contribution in [1.82, 2.24) is 4.98 Å². The maximum atomic E-state index is 13.6. The van der Waals surface area contributed by atoms with Crippen molar-refractivity contribution in [2.45, 2.75) is 32.7 Å². The molecule has 216 valence electrons. The molecule has 1 aliphatic heterocycles. The highest BCUT2D eigenvalue weighted by molar-refractivity contribution is 7.22. The summed E-state index contributed by atoms with van der Waals surface area (Å²) in [7, 11) is 1.29. The average Bonchev–Trinajstić information content (AvgIpc) is 3.54. The van der Waals surface area contributed by atoms with Crippen molar-refractivity contribution >= 4 is 50.1 Å². The molecule has 0 bridgehead atoms. The van der Waals surface area contributed by atoms with Crippen LogP contribution in [-0.2, 0) is 14.3 Å². The Morgan fingerprint density at radius 1 is 0.976 bits per heavy atom. The van der Waals surface area contributed by atoms with Gasteiger partial charge in [-0.1, -0.05) is 48.9 Å². The van der Waals surface area contributed by atoms with Crippen LogP contribution in [0.2, 0.25) is 0 Å². The molecular weight excluding hydrogens is 556 g/mol. The highest BCUT2D eigenvalue weighted by Crippen LogP contribution is 2.45. The van der Waals surface area contributed by atoms with Gasteiger partial charge < -0.3 is 19.3 Å². The van der Waals surface area contributed by atoms with Crippen LogP contribution in [0.25, 0.3) is 16.0 Å². The van der Waals surface area contributed by atoms with Gasteiger partial charge in [0.2, 0.25) is 0 Å². The zero-order valence-corrected chi connectivity index (χ0v) is 24.3. The van der Waals surface area contributed by atoms with Crippen LogP contribution in [0.5, 0.6) is 11.5 Å². The number of carbonyl (C=O) groups excluding carboxylic acids is 3. The summed E-state index contributed by atoms with van der Waals surface area (Å²) in [5.41, 5.74) is 1.69. The highest BCUT2D eigenvalue weighted by Gasteiger charge is 2.48. The number of benzene rings is 3. The molecule has 1 saturated heterocycles. The van der Waals surface area contributed by atoms with Gasteiger partial charge in [0.25, 0.3) is 5.78 Å². The van der Waals surface area contributed by atoms with Crippen molar-refractivity contribution < 1.29 is 33.7 Å². The summed E-state index contributed by atoms with van der Waals surface area (Å²) in [5.74, 6) is -1.32. The maximum Gasteiger partial charge on any atom is 0.337 e.